The minimum Gasteiger partial charge on any atom is -0.478 e. The van der Waals surface area contributed by atoms with E-state index in [1.807, 2.05) is 0 Å². The van der Waals surface area contributed by atoms with Gasteiger partial charge in [0.1, 0.15) is 6.04 Å². The molecule has 0 spiro atoms. The fourth-order valence-electron chi connectivity index (χ4n) is 2.28. The van der Waals surface area contributed by atoms with Crippen LogP contribution in [0.5, 0.6) is 0 Å². The van der Waals surface area contributed by atoms with E-state index in [9.17, 15) is 18.0 Å². The minimum atomic E-state index is -3.96. The average molecular weight is 377 g/mol. The second kappa shape index (κ2) is 5.74. The Morgan fingerprint density at radius 1 is 1.38 bits per heavy atom. The third-order valence-corrected chi connectivity index (χ3v) is 5.90. The zero-order valence-electron chi connectivity index (χ0n) is 10.8. The first-order valence-electron chi connectivity index (χ1n) is 6.09. The van der Waals surface area contributed by atoms with E-state index in [1.54, 1.807) is 0 Å². The molecule has 1 aliphatic rings. The second-order valence-electron chi connectivity index (χ2n) is 4.62. The molecular formula is C12H13BrN2O5S. The number of benzene rings is 1. The molecule has 1 unspecified atom stereocenters. The predicted octanol–water partition coefficient (Wildman–Crippen LogP) is 0.786. The van der Waals surface area contributed by atoms with Crippen LogP contribution in [0.1, 0.15) is 23.2 Å². The number of amides is 1. The molecule has 0 aromatic heterocycles. The van der Waals surface area contributed by atoms with Gasteiger partial charge in [-0.2, -0.15) is 4.31 Å². The van der Waals surface area contributed by atoms with Crippen LogP contribution >= 0.6 is 15.9 Å². The number of aromatic carboxylic acids is 1. The van der Waals surface area contributed by atoms with E-state index in [0.717, 1.165) is 10.4 Å². The van der Waals surface area contributed by atoms with Crippen molar-refractivity contribution in [3.05, 3.63) is 28.2 Å². The SMILES string of the molecule is NC(=O)C1CCCN1S(=O)(=O)c1ccc(Br)c(C(=O)O)c1. The maximum absolute atomic E-state index is 12.5. The van der Waals surface area contributed by atoms with Gasteiger partial charge in [-0.3, -0.25) is 4.79 Å². The van der Waals surface area contributed by atoms with E-state index in [4.69, 9.17) is 10.8 Å². The lowest BCUT2D eigenvalue weighted by Gasteiger charge is -2.21. The highest BCUT2D eigenvalue weighted by molar-refractivity contribution is 9.10. The van der Waals surface area contributed by atoms with E-state index in [2.05, 4.69) is 15.9 Å². The molecule has 1 aromatic rings. The van der Waals surface area contributed by atoms with Gasteiger partial charge in [-0.1, -0.05) is 0 Å². The van der Waals surface area contributed by atoms with Crippen molar-refractivity contribution in [1.29, 1.82) is 0 Å². The van der Waals surface area contributed by atoms with Crippen molar-refractivity contribution in [3.8, 4) is 0 Å². The smallest absolute Gasteiger partial charge is 0.336 e. The van der Waals surface area contributed by atoms with Gasteiger partial charge < -0.3 is 10.8 Å². The zero-order valence-corrected chi connectivity index (χ0v) is 13.2. The largest absolute Gasteiger partial charge is 0.478 e. The number of halogens is 1. The molecule has 3 N–H and O–H groups in total. The molecule has 2 rings (SSSR count). The lowest BCUT2D eigenvalue weighted by molar-refractivity contribution is -0.121. The van der Waals surface area contributed by atoms with Gasteiger partial charge in [0.25, 0.3) is 0 Å². The van der Waals surface area contributed by atoms with Crippen LogP contribution in [0, 0.1) is 0 Å². The minimum absolute atomic E-state index is 0.161. The van der Waals surface area contributed by atoms with Gasteiger partial charge in [-0.25, -0.2) is 13.2 Å². The third kappa shape index (κ3) is 2.94. The molecule has 9 heteroatoms. The number of nitrogens with two attached hydrogens (primary N) is 1. The summed E-state index contributed by atoms with van der Waals surface area (Å²) >= 11 is 3.05. The summed E-state index contributed by atoms with van der Waals surface area (Å²) in [6.07, 6.45) is 0.909. The van der Waals surface area contributed by atoms with Crippen molar-refractivity contribution in [2.75, 3.05) is 6.54 Å². The Hall–Kier alpha value is -1.45. The normalized spacial score (nSPS) is 19.6. The van der Waals surface area contributed by atoms with E-state index in [1.165, 1.54) is 12.1 Å². The third-order valence-electron chi connectivity index (χ3n) is 3.31. The first kappa shape index (κ1) is 15.9. The first-order chi connectivity index (χ1) is 9.75. The summed E-state index contributed by atoms with van der Waals surface area (Å²) in [5.74, 6) is -1.95. The van der Waals surface area contributed by atoms with Gasteiger partial charge in [0.2, 0.25) is 15.9 Å². The Bertz CT molecular complexity index is 704. The maximum atomic E-state index is 12.5. The number of hydrogen-bond donors (Lipinski definition) is 2. The Kier molecular flexibility index (Phi) is 4.35. The fourth-order valence-corrected chi connectivity index (χ4v) is 4.38. The van der Waals surface area contributed by atoms with Crippen LogP contribution in [0.3, 0.4) is 0 Å². The summed E-state index contributed by atoms with van der Waals surface area (Å²) < 4.78 is 26.4. The van der Waals surface area contributed by atoms with Crippen LogP contribution in [0.4, 0.5) is 0 Å². The van der Waals surface area contributed by atoms with Crippen LogP contribution in [0.25, 0.3) is 0 Å². The highest BCUT2D eigenvalue weighted by Gasteiger charge is 2.38. The van der Waals surface area contributed by atoms with E-state index >= 15 is 0 Å². The summed E-state index contributed by atoms with van der Waals surface area (Å²) in [5.41, 5.74) is 5.06. The van der Waals surface area contributed by atoms with Crippen LogP contribution in [-0.4, -0.2) is 42.3 Å². The maximum Gasteiger partial charge on any atom is 0.336 e. The Morgan fingerprint density at radius 3 is 2.62 bits per heavy atom. The number of carboxylic acids is 1. The molecule has 0 bridgehead atoms. The molecule has 21 heavy (non-hydrogen) atoms. The van der Waals surface area contributed by atoms with Crippen LogP contribution in [0.15, 0.2) is 27.6 Å². The van der Waals surface area contributed by atoms with E-state index < -0.39 is 27.9 Å². The molecule has 0 saturated carbocycles. The molecule has 1 aliphatic heterocycles. The van der Waals surface area contributed by atoms with Gasteiger partial charge in [-0.15, -0.1) is 0 Å². The van der Waals surface area contributed by atoms with Crippen molar-refractivity contribution in [1.82, 2.24) is 4.31 Å². The number of rotatable bonds is 4. The number of carboxylic acid groups (broad SMARTS) is 1. The number of hydrogen-bond acceptors (Lipinski definition) is 4. The van der Waals surface area contributed by atoms with Crippen molar-refractivity contribution in [2.24, 2.45) is 5.73 Å². The van der Waals surface area contributed by atoms with Gasteiger partial charge >= 0.3 is 5.97 Å². The molecule has 1 heterocycles. The molecule has 114 valence electrons. The van der Waals surface area contributed by atoms with Gasteiger partial charge in [0, 0.05) is 11.0 Å². The average Bonchev–Trinajstić information content (AvgIpc) is 2.88. The monoisotopic (exact) mass is 376 g/mol. The van der Waals surface area contributed by atoms with E-state index in [-0.39, 0.29) is 21.5 Å². The predicted molar refractivity (Wildman–Crippen MR) is 77.2 cm³/mol. The van der Waals surface area contributed by atoms with Crippen molar-refractivity contribution >= 4 is 37.8 Å². The molecule has 1 amide bonds. The lowest BCUT2D eigenvalue weighted by atomic mass is 10.2. The van der Waals surface area contributed by atoms with Crippen molar-refractivity contribution in [2.45, 2.75) is 23.8 Å². The molecule has 7 nitrogen and oxygen atoms in total. The van der Waals surface area contributed by atoms with E-state index in [0.29, 0.717) is 12.8 Å². The molecule has 0 aliphatic carbocycles. The highest BCUT2D eigenvalue weighted by atomic mass is 79.9. The topological polar surface area (TPSA) is 118 Å². The number of sulfonamides is 1. The van der Waals surface area contributed by atoms with Crippen LogP contribution < -0.4 is 5.73 Å². The summed E-state index contributed by atoms with van der Waals surface area (Å²) in [6.45, 7) is 0.189. The van der Waals surface area contributed by atoms with Crippen molar-refractivity contribution in [3.63, 3.8) is 0 Å². The molecule has 1 aromatic carbocycles. The molecular weight excluding hydrogens is 364 g/mol. The van der Waals surface area contributed by atoms with Crippen LogP contribution in [0.2, 0.25) is 0 Å². The van der Waals surface area contributed by atoms with Gasteiger partial charge in [-0.05, 0) is 47.0 Å². The Balaban J connectivity index is 2.47. The quantitative estimate of drug-likeness (QED) is 0.804. The molecule has 1 atom stereocenters. The zero-order chi connectivity index (χ0) is 15.8. The van der Waals surface area contributed by atoms with Crippen molar-refractivity contribution < 1.29 is 23.1 Å². The summed E-state index contributed by atoms with van der Waals surface area (Å²) in [7, 11) is -3.96. The van der Waals surface area contributed by atoms with Gasteiger partial charge in [0.05, 0.1) is 10.5 Å². The molecule has 0 radical (unpaired) electrons. The number of primary amides is 1. The highest BCUT2D eigenvalue weighted by Crippen LogP contribution is 2.28. The fraction of sp³-hybridized carbons (Fsp3) is 0.333. The Labute approximate surface area is 129 Å². The van der Waals surface area contributed by atoms with Crippen LogP contribution in [-0.2, 0) is 14.8 Å². The van der Waals surface area contributed by atoms with Gasteiger partial charge in [0.15, 0.2) is 0 Å². The number of nitrogens with zero attached hydrogens (tertiary/aromatic N) is 1. The number of carbonyl (C=O) groups excluding carboxylic acids is 1. The molecule has 1 saturated heterocycles. The Morgan fingerprint density at radius 2 is 2.05 bits per heavy atom. The summed E-state index contributed by atoms with van der Waals surface area (Å²) in [6, 6.07) is 2.83. The second-order valence-corrected chi connectivity index (χ2v) is 7.37. The summed E-state index contributed by atoms with van der Waals surface area (Å²) in [4.78, 5) is 22.2. The lowest BCUT2D eigenvalue weighted by Crippen LogP contribution is -2.43. The standard InChI is InChI=1S/C12H13BrN2O5S/c13-9-4-3-7(6-8(9)12(17)18)21(19,20)15-5-1-2-10(15)11(14)16/h3-4,6,10H,1-2,5H2,(H2,14,16)(H,17,18). The molecule has 1 fully saturated rings. The first-order valence-corrected chi connectivity index (χ1v) is 8.32. The summed E-state index contributed by atoms with van der Waals surface area (Å²) in [5, 5.41) is 9.05. The number of carbonyl (C=O) groups is 2.